The maximum atomic E-state index is 13.3. The molecule has 0 saturated carbocycles. The Morgan fingerprint density at radius 1 is 0.533 bits per heavy atom. The van der Waals surface area contributed by atoms with Crippen molar-refractivity contribution in [3.63, 3.8) is 0 Å². The summed E-state index contributed by atoms with van der Waals surface area (Å²) in [6.45, 7) is 8.60. The molecule has 0 unspecified atom stereocenters. The van der Waals surface area contributed by atoms with E-state index in [0.29, 0.717) is 0 Å². The summed E-state index contributed by atoms with van der Waals surface area (Å²) in [4.78, 5) is 112. The Balaban J connectivity index is 2.42. The number of carbonyl (C=O) groups is 9. The van der Waals surface area contributed by atoms with Gasteiger partial charge in [0.05, 0.1) is 6.10 Å². The van der Waals surface area contributed by atoms with E-state index in [4.69, 9.17) is 56.8 Å². The molecule has 0 spiro atoms. The number of aliphatic hydroxyl groups excluding tert-OH is 1. The highest BCUT2D eigenvalue weighted by Gasteiger charge is 2.69. The minimum atomic E-state index is -3.05. The predicted molar refractivity (Wildman–Crippen MR) is 188 cm³/mol. The van der Waals surface area contributed by atoms with Gasteiger partial charge in [0.2, 0.25) is 5.91 Å². The Morgan fingerprint density at radius 3 is 1.42 bits per heavy atom. The van der Waals surface area contributed by atoms with Crippen LogP contribution in [0.15, 0.2) is 0 Å². The maximum Gasteiger partial charge on any atom is 0.303 e. The van der Waals surface area contributed by atoms with Gasteiger partial charge in [-0.15, -0.1) is 0 Å². The summed E-state index contributed by atoms with van der Waals surface area (Å²) in [5.74, 6) is -8.62. The first kappa shape index (κ1) is 49.4. The van der Waals surface area contributed by atoms with Crippen LogP contribution in [0.4, 0.5) is 0 Å². The molecular formula is C36H51NO23. The molecule has 0 aromatic rings. The number of hydrogen-bond acceptors (Lipinski definition) is 23. The number of ether oxygens (including phenoxy) is 12. The number of esters is 8. The van der Waals surface area contributed by atoms with E-state index in [1.165, 1.54) is 6.92 Å². The Hall–Kier alpha value is -5.01. The molecule has 24 nitrogen and oxygen atoms in total. The maximum absolute atomic E-state index is 13.3. The average Bonchev–Trinajstić information content (AvgIpc) is 3.10. The minimum absolute atomic E-state index is 0.716. The van der Waals surface area contributed by atoms with Crippen molar-refractivity contribution >= 4 is 53.7 Å². The number of aliphatic hydroxyl groups is 2. The molecule has 60 heavy (non-hydrogen) atoms. The predicted octanol–water partition coefficient (Wildman–Crippen LogP) is -2.45. The van der Waals surface area contributed by atoms with Crippen LogP contribution in [-0.4, -0.2) is 168 Å². The van der Waals surface area contributed by atoms with Crippen LogP contribution in [-0.2, 0) is 100.0 Å². The standard InChI is InChI=1S/C36H51NO23/c1-13-25(52-17(5)41)27(54-19(7)43)29(56-21(9)45)33(51-13)36(48)31(37-14(2)38)34(47)58-24(12-50-16(4)40)32(36)60-35-30(57-22(10)46)28(55-20(8)44)26(53-18(6)42)23(59-35)11-49-15(3)39/h13,23-35,47-48H,11-12H2,1-10H3,(H,37,38)/t13-,23-,24-,25+,26+,27+,28+,29-,30-,31+,32-,33+,34-,35+,36-/m1/s1. The summed E-state index contributed by atoms with van der Waals surface area (Å²) in [5, 5.41) is 27.2. The van der Waals surface area contributed by atoms with E-state index in [2.05, 4.69) is 5.32 Å². The molecule has 15 atom stereocenters. The molecule has 3 fully saturated rings. The summed E-state index contributed by atoms with van der Waals surface area (Å²) < 4.78 is 67.7. The lowest BCUT2D eigenvalue weighted by molar-refractivity contribution is -0.384. The van der Waals surface area contributed by atoms with E-state index in [-0.39, 0.29) is 0 Å². The van der Waals surface area contributed by atoms with Crippen LogP contribution >= 0.6 is 0 Å². The third-order valence-corrected chi connectivity index (χ3v) is 9.06. The van der Waals surface area contributed by atoms with E-state index >= 15 is 0 Å². The van der Waals surface area contributed by atoms with Gasteiger partial charge in [0, 0.05) is 62.3 Å². The molecule has 0 aromatic heterocycles. The summed E-state index contributed by atoms with van der Waals surface area (Å²) >= 11 is 0. The molecule has 338 valence electrons. The molecule has 24 heteroatoms. The van der Waals surface area contributed by atoms with Crippen molar-refractivity contribution in [2.75, 3.05) is 13.2 Å². The lowest BCUT2D eigenvalue weighted by atomic mass is 9.73. The molecule has 3 rings (SSSR count). The first-order valence-corrected chi connectivity index (χ1v) is 18.5. The van der Waals surface area contributed by atoms with Gasteiger partial charge in [-0.3, -0.25) is 43.2 Å². The summed E-state index contributed by atoms with van der Waals surface area (Å²) in [7, 11) is 0. The van der Waals surface area contributed by atoms with Gasteiger partial charge in [0.15, 0.2) is 49.2 Å². The van der Waals surface area contributed by atoms with Gasteiger partial charge in [0.25, 0.3) is 0 Å². The molecule has 0 bridgehead atoms. The zero-order chi connectivity index (χ0) is 45.4. The molecule has 3 saturated heterocycles. The van der Waals surface area contributed by atoms with Crippen molar-refractivity contribution in [1.29, 1.82) is 0 Å². The Morgan fingerprint density at radius 2 is 0.950 bits per heavy atom. The lowest BCUT2D eigenvalue weighted by Crippen LogP contribution is -2.81. The quantitative estimate of drug-likeness (QED) is 0.121. The number of hydrogen-bond donors (Lipinski definition) is 3. The summed E-state index contributed by atoms with van der Waals surface area (Å²) in [6.07, 6.45) is -24.2. The van der Waals surface area contributed by atoms with Crippen LogP contribution in [0.25, 0.3) is 0 Å². The molecule has 0 aliphatic carbocycles. The first-order valence-electron chi connectivity index (χ1n) is 18.5. The smallest absolute Gasteiger partial charge is 0.303 e. The molecule has 3 aliphatic heterocycles. The summed E-state index contributed by atoms with van der Waals surface area (Å²) in [5.41, 5.74) is -3.05. The van der Waals surface area contributed by atoms with Gasteiger partial charge in [-0.2, -0.15) is 0 Å². The fourth-order valence-electron chi connectivity index (χ4n) is 7.13. The average molecular weight is 866 g/mol. The molecule has 3 heterocycles. The topological polar surface area (TPSA) is 317 Å². The van der Waals surface area contributed by atoms with Gasteiger partial charge in [-0.1, -0.05) is 0 Å². The van der Waals surface area contributed by atoms with Crippen molar-refractivity contribution in [1.82, 2.24) is 5.32 Å². The zero-order valence-corrected chi connectivity index (χ0v) is 34.5. The second kappa shape index (κ2) is 21.0. The molecule has 3 aliphatic rings. The molecule has 1 amide bonds. The first-order chi connectivity index (χ1) is 27.9. The number of nitrogens with one attached hydrogen (secondary N) is 1. The van der Waals surface area contributed by atoms with E-state index < -0.39 is 158 Å². The number of carbonyl (C=O) groups excluding carboxylic acids is 9. The Labute approximate surface area is 342 Å². The zero-order valence-electron chi connectivity index (χ0n) is 34.5. The molecule has 0 radical (unpaired) electrons. The highest BCUT2D eigenvalue weighted by molar-refractivity contribution is 5.74. The fraction of sp³-hybridized carbons (Fsp3) is 0.750. The number of rotatable bonds is 14. The van der Waals surface area contributed by atoms with Crippen LogP contribution < -0.4 is 5.32 Å². The van der Waals surface area contributed by atoms with Crippen molar-refractivity contribution in [2.24, 2.45) is 0 Å². The van der Waals surface area contributed by atoms with Gasteiger partial charge in [-0.05, 0) is 6.92 Å². The Kier molecular flexibility index (Phi) is 17.3. The highest BCUT2D eigenvalue weighted by atomic mass is 16.8. The second-order valence-corrected chi connectivity index (χ2v) is 14.0. The van der Waals surface area contributed by atoms with E-state index in [1.54, 1.807) is 0 Å². The van der Waals surface area contributed by atoms with Gasteiger partial charge in [-0.25, -0.2) is 0 Å². The Bertz CT molecular complexity index is 1640. The van der Waals surface area contributed by atoms with Gasteiger partial charge < -0.3 is 72.4 Å². The van der Waals surface area contributed by atoms with Crippen molar-refractivity contribution in [3.8, 4) is 0 Å². The van der Waals surface area contributed by atoms with Crippen LogP contribution in [0.1, 0.15) is 69.2 Å². The molecule has 0 aromatic carbocycles. The number of amides is 1. The van der Waals surface area contributed by atoms with E-state index in [9.17, 15) is 53.4 Å². The SMILES string of the molecule is CC(=O)N[C@H]1[C@H](O)O[C@H](COC(C)=O)[C@@H](O[C@@H]2O[C@H](COC(C)=O)[C@H](OC(C)=O)[C@H](OC(C)=O)[C@H]2OC(C)=O)[C@@]1(O)[C@H]1O[C@H](C)[C@H](OC(C)=O)[C@H](OC(C)=O)[C@H]1OC(C)=O. The lowest BCUT2D eigenvalue weighted by Gasteiger charge is -2.57. The minimum Gasteiger partial charge on any atom is -0.463 e. The van der Waals surface area contributed by atoms with Crippen molar-refractivity contribution in [2.45, 2.75) is 161 Å². The molecule has 3 N–H and O–H groups in total. The van der Waals surface area contributed by atoms with Crippen molar-refractivity contribution < 1.29 is 110 Å². The van der Waals surface area contributed by atoms with Gasteiger partial charge >= 0.3 is 47.8 Å². The van der Waals surface area contributed by atoms with E-state index in [1.807, 2.05) is 0 Å². The van der Waals surface area contributed by atoms with Crippen LogP contribution in [0.3, 0.4) is 0 Å². The summed E-state index contributed by atoms with van der Waals surface area (Å²) in [6, 6.07) is -2.09. The largest absolute Gasteiger partial charge is 0.463 e. The normalized spacial score (nSPS) is 35.0. The fourth-order valence-corrected chi connectivity index (χ4v) is 7.13. The van der Waals surface area contributed by atoms with Crippen LogP contribution in [0.5, 0.6) is 0 Å². The second-order valence-electron chi connectivity index (χ2n) is 14.0. The van der Waals surface area contributed by atoms with Gasteiger partial charge in [0.1, 0.15) is 49.3 Å². The third kappa shape index (κ3) is 12.5. The highest BCUT2D eigenvalue weighted by Crippen LogP contribution is 2.44. The van der Waals surface area contributed by atoms with E-state index in [0.717, 1.165) is 62.3 Å². The molecular weight excluding hydrogens is 814 g/mol. The van der Waals surface area contributed by atoms with Crippen molar-refractivity contribution in [3.05, 3.63) is 0 Å². The van der Waals surface area contributed by atoms with Crippen LogP contribution in [0, 0.1) is 0 Å². The van der Waals surface area contributed by atoms with Crippen LogP contribution in [0.2, 0.25) is 0 Å². The third-order valence-electron chi connectivity index (χ3n) is 9.06. The monoisotopic (exact) mass is 865 g/mol.